The zero-order valence-corrected chi connectivity index (χ0v) is 9.14. The molecule has 1 rings (SSSR count). The first kappa shape index (κ1) is 10.6. The lowest BCUT2D eigenvalue weighted by Gasteiger charge is -2.38. The molecule has 0 saturated heterocycles. The van der Waals surface area contributed by atoms with Crippen molar-refractivity contribution in [1.29, 1.82) is 5.26 Å². The monoisotopic (exact) mass is 179 g/mol. The first-order valence-corrected chi connectivity index (χ1v) is 5.53. The molecular formula is C12H21N. The summed E-state index contributed by atoms with van der Waals surface area (Å²) >= 11 is 0. The van der Waals surface area contributed by atoms with E-state index >= 15 is 0 Å². The van der Waals surface area contributed by atoms with Gasteiger partial charge in [0.05, 0.1) is 11.5 Å². The first-order valence-electron chi connectivity index (χ1n) is 5.53. The highest BCUT2D eigenvalue weighted by atomic mass is 14.4. The van der Waals surface area contributed by atoms with E-state index in [9.17, 15) is 0 Å². The molecule has 0 heterocycles. The summed E-state index contributed by atoms with van der Waals surface area (Å²) in [6.07, 6.45) is 6.28. The molecule has 3 atom stereocenters. The van der Waals surface area contributed by atoms with E-state index in [4.69, 9.17) is 5.26 Å². The summed E-state index contributed by atoms with van der Waals surface area (Å²) in [5, 5.41) is 9.09. The lowest BCUT2D eigenvalue weighted by molar-refractivity contribution is 0.142. The minimum absolute atomic E-state index is 0.0375. The predicted molar refractivity (Wildman–Crippen MR) is 55.1 cm³/mol. The second-order valence-electron chi connectivity index (χ2n) is 4.86. The van der Waals surface area contributed by atoms with Crippen LogP contribution in [0.3, 0.4) is 0 Å². The Balaban J connectivity index is 2.52. The van der Waals surface area contributed by atoms with Crippen LogP contribution in [-0.2, 0) is 0 Å². The van der Waals surface area contributed by atoms with Crippen LogP contribution < -0.4 is 0 Å². The van der Waals surface area contributed by atoms with Gasteiger partial charge in [-0.1, -0.05) is 26.7 Å². The van der Waals surface area contributed by atoms with Crippen molar-refractivity contribution in [3.63, 3.8) is 0 Å². The van der Waals surface area contributed by atoms with Crippen LogP contribution in [0, 0.1) is 28.6 Å². The fourth-order valence-corrected chi connectivity index (χ4v) is 2.46. The van der Waals surface area contributed by atoms with E-state index in [1.807, 2.05) is 0 Å². The van der Waals surface area contributed by atoms with Crippen LogP contribution in [0.15, 0.2) is 0 Å². The Labute approximate surface area is 82.1 Å². The minimum Gasteiger partial charge on any atom is -0.198 e. The van der Waals surface area contributed by atoms with Crippen molar-refractivity contribution >= 4 is 0 Å². The number of hydrogen-bond donors (Lipinski definition) is 0. The van der Waals surface area contributed by atoms with E-state index in [1.165, 1.54) is 25.7 Å². The Morgan fingerprint density at radius 1 is 1.54 bits per heavy atom. The van der Waals surface area contributed by atoms with Crippen molar-refractivity contribution in [3.8, 4) is 6.07 Å². The highest BCUT2D eigenvalue weighted by molar-refractivity contribution is 5.01. The first-order chi connectivity index (χ1) is 6.12. The Morgan fingerprint density at radius 3 is 2.69 bits per heavy atom. The maximum atomic E-state index is 9.09. The molecule has 3 unspecified atom stereocenters. The summed E-state index contributed by atoms with van der Waals surface area (Å²) in [6, 6.07) is 2.49. The Hall–Kier alpha value is -0.510. The molecule has 0 aliphatic heterocycles. The molecule has 0 bridgehead atoms. The molecule has 1 aliphatic rings. The van der Waals surface area contributed by atoms with Gasteiger partial charge in [-0.3, -0.25) is 0 Å². The van der Waals surface area contributed by atoms with Crippen molar-refractivity contribution < 1.29 is 0 Å². The van der Waals surface area contributed by atoms with Crippen molar-refractivity contribution in [3.05, 3.63) is 0 Å². The quantitative estimate of drug-likeness (QED) is 0.633. The van der Waals surface area contributed by atoms with Gasteiger partial charge in [-0.15, -0.1) is 0 Å². The molecule has 0 radical (unpaired) electrons. The third-order valence-corrected chi connectivity index (χ3v) is 3.80. The predicted octanol–water partition coefficient (Wildman–Crippen LogP) is 3.75. The molecule has 0 spiro atoms. The third kappa shape index (κ3) is 2.24. The number of nitrogens with zero attached hydrogens (tertiary/aromatic N) is 1. The highest BCUT2D eigenvalue weighted by Gasteiger charge is 2.36. The Bertz CT molecular complexity index is 204. The van der Waals surface area contributed by atoms with Gasteiger partial charge in [0.1, 0.15) is 0 Å². The fourth-order valence-electron chi connectivity index (χ4n) is 2.46. The van der Waals surface area contributed by atoms with Gasteiger partial charge in [0.2, 0.25) is 0 Å². The lowest BCUT2D eigenvalue weighted by Crippen LogP contribution is -2.31. The zero-order valence-electron chi connectivity index (χ0n) is 9.14. The van der Waals surface area contributed by atoms with Crippen LogP contribution in [-0.4, -0.2) is 0 Å². The number of rotatable bonds is 2. The van der Waals surface area contributed by atoms with Crippen LogP contribution in [0.25, 0.3) is 0 Å². The van der Waals surface area contributed by atoms with E-state index in [-0.39, 0.29) is 5.41 Å². The van der Waals surface area contributed by atoms with Crippen LogP contribution in [0.2, 0.25) is 0 Å². The standard InChI is InChI=1S/C12H21N/c1-4-5-11-6-7-12(3,9-13)10(2)8-11/h10-11H,4-8H2,1-3H3. The molecule has 1 aliphatic carbocycles. The van der Waals surface area contributed by atoms with E-state index in [1.54, 1.807) is 0 Å². The fraction of sp³-hybridized carbons (Fsp3) is 0.917. The van der Waals surface area contributed by atoms with Crippen molar-refractivity contribution in [1.82, 2.24) is 0 Å². The van der Waals surface area contributed by atoms with E-state index < -0.39 is 0 Å². The van der Waals surface area contributed by atoms with Gasteiger partial charge in [0.25, 0.3) is 0 Å². The van der Waals surface area contributed by atoms with Crippen LogP contribution in [0.5, 0.6) is 0 Å². The average molecular weight is 179 g/mol. The molecular weight excluding hydrogens is 158 g/mol. The molecule has 1 fully saturated rings. The molecule has 13 heavy (non-hydrogen) atoms. The third-order valence-electron chi connectivity index (χ3n) is 3.80. The second-order valence-corrected chi connectivity index (χ2v) is 4.86. The summed E-state index contributed by atoms with van der Waals surface area (Å²) in [4.78, 5) is 0. The lowest BCUT2D eigenvalue weighted by atomic mass is 9.65. The van der Waals surface area contributed by atoms with Gasteiger partial charge in [-0.25, -0.2) is 0 Å². The van der Waals surface area contributed by atoms with Crippen molar-refractivity contribution in [2.45, 2.75) is 52.9 Å². The van der Waals surface area contributed by atoms with E-state index in [0.29, 0.717) is 5.92 Å². The van der Waals surface area contributed by atoms with Crippen LogP contribution >= 0.6 is 0 Å². The van der Waals surface area contributed by atoms with Gasteiger partial charge in [-0.05, 0) is 38.0 Å². The van der Waals surface area contributed by atoms with Gasteiger partial charge >= 0.3 is 0 Å². The van der Waals surface area contributed by atoms with E-state index in [0.717, 1.165) is 12.3 Å². The largest absolute Gasteiger partial charge is 0.198 e. The summed E-state index contributed by atoms with van der Waals surface area (Å²) in [5.41, 5.74) is -0.0375. The minimum atomic E-state index is -0.0375. The average Bonchev–Trinajstić information content (AvgIpc) is 2.12. The molecule has 1 nitrogen and oxygen atoms in total. The van der Waals surface area contributed by atoms with Gasteiger partial charge in [0.15, 0.2) is 0 Å². The van der Waals surface area contributed by atoms with Gasteiger partial charge in [0, 0.05) is 0 Å². The van der Waals surface area contributed by atoms with Gasteiger partial charge in [-0.2, -0.15) is 5.26 Å². The maximum Gasteiger partial charge on any atom is 0.0689 e. The Morgan fingerprint density at radius 2 is 2.23 bits per heavy atom. The molecule has 0 aromatic heterocycles. The topological polar surface area (TPSA) is 23.8 Å². The second kappa shape index (κ2) is 4.13. The SMILES string of the molecule is CCCC1CCC(C)(C#N)C(C)C1. The highest BCUT2D eigenvalue weighted by Crippen LogP contribution is 2.43. The zero-order chi connectivity index (χ0) is 9.90. The molecule has 0 aromatic carbocycles. The molecule has 0 N–H and O–H groups in total. The van der Waals surface area contributed by atoms with Crippen LogP contribution in [0.1, 0.15) is 52.9 Å². The normalized spacial score (nSPS) is 39.8. The summed E-state index contributed by atoms with van der Waals surface area (Å²) in [6.45, 7) is 6.62. The van der Waals surface area contributed by atoms with Crippen molar-refractivity contribution in [2.24, 2.45) is 17.3 Å². The summed E-state index contributed by atoms with van der Waals surface area (Å²) < 4.78 is 0. The number of hydrogen-bond acceptors (Lipinski definition) is 1. The number of nitriles is 1. The molecule has 74 valence electrons. The Kier molecular flexibility index (Phi) is 3.36. The van der Waals surface area contributed by atoms with E-state index in [2.05, 4.69) is 26.8 Å². The maximum absolute atomic E-state index is 9.09. The smallest absolute Gasteiger partial charge is 0.0689 e. The van der Waals surface area contributed by atoms with Crippen molar-refractivity contribution in [2.75, 3.05) is 0 Å². The molecule has 1 heteroatoms. The van der Waals surface area contributed by atoms with Crippen LogP contribution in [0.4, 0.5) is 0 Å². The molecule has 1 saturated carbocycles. The molecule has 0 aromatic rings. The van der Waals surface area contributed by atoms with Gasteiger partial charge < -0.3 is 0 Å². The summed E-state index contributed by atoms with van der Waals surface area (Å²) in [5.74, 6) is 1.48. The molecule has 0 amide bonds. The summed E-state index contributed by atoms with van der Waals surface area (Å²) in [7, 11) is 0.